The molecule has 2 aromatic carbocycles. The van der Waals surface area contributed by atoms with Crippen LogP contribution in [-0.2, 0) is 9.59 Å². The molecule has 1 fully saturated rings. The van der Waals surface area contributed by atoms with Crippen LogP contribution >= 0.6 is 28.1 Å². The lowest BCUT2D eigenvalue weighted by Crippen LogP contribution is -2.58. The van der Waals surface area contributed by atoms with E-state index in [0.29, 0.717) is 5.69 Å². The molecule has 0 spiro atoms. The zero-order valence-corrected chi connectivity index (χ0v) is 16.6. The third-order valence-corrected chi connectivity index (χ3v) is 5.04. The van der Waals surface area contributed by atoms with Crippen molar-refractivity contribution >= 4 is 62.7 Å². The molecule has 5 nitrogen and oxygen atoms in total. The SMILES string of the molecule is Cc1cccc(N=C[C@H]2C(=O)NC(=S)N(c3ccc(Br)cc3)C2=O)c1C. The first-order valence-corrected chi connectivity index (χ1v) is 9.13. The second-order valence-electron chi connectivity index (χ2n) is 5.92. The Morgan fingerprint density at radius 2 is 1.85 bits per heavy atom. The second kappa shape index (κ2) is 7.47. The lowest BCUT2D eigenvalue weighted by atomic mass is 10.1. The number of nitrogens with one attached hydrogen (secondary N) is 1. The third kappa shape index (κ3) is 3.59. The van der Waals surface area contributed by atoms with E-state index in [4.69, 9.17) is 12.2 Å². The highest BCUT2D eigenvalue weighted by Crippen LogP contribution is 2.24. The maximum atomic E-state index is 12.9. The van der Waals surface area contributed by atoms with Gasteiger partial charge in [0.05, 0.1) is 11.4 Å². The van der Waals surface area contributed by atoms with Gasteiger partial charge in [0.2, 0.25) is 5.91 Å². The lowest BCUT2D eigenvalue weighted by Gasteiger charge is -2.30. The smallest absolute Gasteiger partial charge is 0.251 e. The maximum Gasteiger partial charge on any atom is 0.251 e. The van der Waals surface area contributed by atoms with Gasteiger partial charge in [0.1, 0.15) is 0 Å². The van der Waals surface area contributed by atoms with Crippen LogP contribution in [0.5, 0.6) is 0 Å². The van der Waals surface area contributed by atoms with E-state index in [1.165, 1.54) is 11.1 Å². The number of aryl methyl sites for hydroxylation is 1. The average Bonchev–Trinajstić information content (AvgIpc) is 2.59. The van der Waals surface area contributed by atoms with Crippen molar-refractivity contribution in [3.63, 3.8) is 0 Å². The molecule has 1 saturated heterocycles. The first-order chi connectivity index (χ1) is 12.4. The number of thiocarbonyl (C=S) groups is 1. The minimum Gasteiger partial charge on any atom is -0.301 e. The molecule has 3 rings (SSSR count). The highest BCUT2D eigenvalue weighted by atomic mass is 79.9. The van der Waals surface area contributed by atoms with E-state index in [1.54, 1.807) is 24.3 Å². The van der Waals surface area contributed by atoms with Crippen molar-refractivity contribution < 1.29 is 9.59 Å². The molecular formula is C19H16BrN3O2S. The Morgan fingerprint density at radius 1 is 1.15 bits per heavy atom. The average molecular weight is 430 g/mol. The van der Waals surface area contributed by atoms with Crippen LogP contribution in [0.25, 0.3) is 0 Å². The highest BCUT2D eigenvalue weighted by molar-refractivity contribution is 9.10. The molecule has 7 heteroatoms. The molecule has 0 aromatic heterocycles. The van der Waals surface area contributed by atoms with Crippen LogP contribution in [0, 0.1) is 19.8 Å². The molecule has 1 aliphatic heterocycles. The summed E-state index contributed by atoms with van der Waals surface area (Å²) in [6.07, 6.45) is 1.38. The van der Waals surface area contributed by atoms with Gasteiger partial charge >= 0.3 is 0 Å². The molecular weight excluding hydrogens is 414 g/mol. The molecule has 1 aliphatic rings. The number of nitrogens with zero attached hydrogens (tertiary/aromatic N) is 2. The quantitative estimate of drug-likeness (QED) is 0.458. The van der Waals surface area contributed by atoms with E-state index in [2.05, 4.69) is 26.2 Å². The van der Waals surface area contributed by atoms with E-state index in [-0.39, 0.29) is 5.11 Å². The first kappa shape index (κ1) is 18.4. The normalized spacial score (nSPS) is 17.7. The number of anilines is 1. The summed E-state index contributed by atoms with van der Waals surface area (Å²) in [5.74, 6) is -1.93. The number of benzene rings is 2. The number of carbonyl (C=O) groups is 2. The van der Waals surface area contributed by atoms with E-state index in [1.807, 2.05) is 32.0 Å². The van der Waals surface area contributed by atoms with Gasteiger partial charge in [-0.1, -0.05) is 28.1 Å². The van der Waals surface area contributed by atoms with Gasteiger partial charge in [-0.3, -0.25) is 19.5 Å². The number of amides is 2. The Bertz CT molecular complexity index is 925. The van der Waals surface area contributed by atoms with Crippen LogP contribution in [0.2, 0.25) is 0 Å². The van der Waals surface area contributed by atoms with Crippen molar-refractivity contribution in [2.75, 3.05) is 4.90 Å². The predicted octanol–water partition coefficient (Wildman–Crippen LogP) is 3.83. The Morgan fingerprint density at radius 3 is 2.54 bits per heavy atom. The number of hydrogen-bond donors (Lipinski definition) is 1. The van der Waals surface area contributed by atoms with Gasteiger partial charge in [-0.25, -0.2) is 0 Å². The van der Waals surface area contributed by atoms with E-state index in [0.717, 1.165) is 21.3 Å². The standard InChI is InChI=1S/C19H16BrN3O2S/c1-11-4-3-5-16(12(11)2)21-10-15-17(24)22-19(26)23(18(15)25)14-8-6-13(20)7-9-14/h3-10,15H,1-2H3,(H,22,24,26)/t15-/m0/s1. The molecule has 0 unspecified atom stereocenters. The van der Waals surface area contributed by atoms with Crippen molar-refractivity contribution in [1.29, 1.82) is 0 Å². The van der Waals surface area contributed by atoms with Crippen molar-refractivity contribution in [3.8, 4) is 0 Å². The molecule has 26 heavy (non-hydrogen) atoms. The van der Waals surface area contributed by atoms with Crippen LogP contribution in [0.4, 0.5) is 11.4 Å². The van der Waals surface area contributed by atoms with Crippen molar-refractivity contribution in [2.24, 2.45) is 10.9 Å². The predicted molar refractivity (Wildman–Crippen MR) is 110 cm³/mol. The zero-order valence-electron chi connectivity index (χ0n) is 14.2. The highest BCUT2D eigenvalue weighted by Gasteiger charge is 2.38. The van der Waals surface area contributed by atoms with Gasteiger partial charge in [-0.2, -0.15) is 0 Å². The van der Waals surface area contributed by atoms with Crippen LogP contribution < -0.4 is 10.2 Å². The van der Waals surface area contributed by atoms with Crippen LogP contribution in [-0.4, -0.2) is 23.1 Å². The van der Waals surface area contributed by atoms with Gasteiger partial charge < -0.3 is 5.32 Å². The fourth-order valence-corrected chi connectivity index (χ4v) is 3.15. The molecule has 1 atom stereocenters. The second-order valence-corrected chi connectivity index (χ2v) is 7.22. The molecule has 0 radical (unpaired) electrons. The fraction of sp³-hybridized carbons (Fsp3) is 0.158. The number of rotatable bonds is 3. The van der Waals surface area contributed by atoms with Crippen molar-refractivity contribution in [1.82, 2.24) is 5.32 Å². The summed E-state index contributed by atoms with van der Waals surface area (Å²) in [5.41, 5.74) is 3.42. The molecule has 0 saturated carbocycles. The summed E-state index contributed by atoms with van der Waals surface area (Å²) in [5, 5.41) is 2.65. The Balaban J connectivity index is 1.91. The van der Waals surface area contributed by atoms with E-state index >= 15 is 0 Å². The fourth-order valence-electron chi connectivity index (χ4n) is 2.59. The minimum absolute atomic E-state index is 0.0682. The first-order valence-electron chi connectivity index (χ1n) is 7.93. The largest absolute Gasteiger partial charge is 0.301 e. The topological polar surface area (TPSA) is 61.8 Å². The minimum atomic E-state index is -1.04. The van der Waals surface area contributed by atoms with E-state index in [9.17, 15) is 9.59 Å². The molecule has 1 heterocycles. The molecule has 2 aromatic rings. The van der Waals surface area contributed by atoms with Gasteiger partial charge in [0.15, 0.2) is 11.0 Å². The third-order valence-electron chi connectivity index (χ3n) is 4.23. The van der Waals surface area contributed by atoms with Crippen LogP contribution in [0.15, 0.2) is 51.9 Å². The number of hydrogen-bond acceptors (Lipinski definition) is 4. The summed E-state index contributed by atoms with van der Waals surface area (Å²) in [6, 6.07) is 12.8. The number of aliphatic imine (C=N–C) groups is 1. The van der Waals surface area contributed by atoms with Gasteiger partial charge in [-0.15, -0.1) is 0 Å². The van der Waals surface area contributed by atoms with Gasteiger partial charge in [0.25, 0.3) is 5.91 Å². The van der Waals surface area contributed by atoms with Crippen molar-refractivity contribution in [3.05, 3.63) is 58.1 Å². The zero-order chi connectivity index (χ0) is 18.8. The molecule has 0 aliphatic carbocycles. The van der Waals surface area contributed by atoms with E-state index < -0.39 is 17.7 Å². The maximum absolute atomic E-state index is 12.9. The van der Waals surface area contributed by atoms with Crippen LogP contribution in [0.1, 0.15) is 11.1 Å². The summed E-state index contributed by atoms with van der Waals surface area (Å²) < 4.78 is 0.883. The summed E-state index contributed by atoms with van der Waals surface area (Å²) in [4.78, 5) is 30.9. The molecule has 0 bridgehead atoms. The molecule has 132 valence electrons. The molecule has 1 N–H and O–H groups in total. The lowest BCUT2D eigenvalue weighted by molar-refractivity contribution is -0.130. The van der Waals surface area contributed by atoms with Gasteiger partial charge in [-0.05, 0) is 67.5 Å². The Labute approximate surface area is 165 Å². The number of carbonyl (C=O) groups excluding carboxylic acids is 2. The number of halogens is 1. The Kier molecular flexibility index (Phi) is 5.29. The summed E-state index contributed by atoms with van der Waals surface area (Å²) in [6.45, 7) is 3.94. The van der Waals surface area contributed by atoms with Gasteiger partial charge in [0, 0.05) is 10.7 Å². The Hall–Kier alpha value is -2.38. The van der Waals surface area contributed by atoms with Crippen LogP contribution in [0.3, 0.4) is 0 Å². The van der Waals surface area contributed by atoms with Crippen molar-refractivity contribution in [2.45, 2.75) is 13.8 Å². The monoisotopic (exact) mass is 429 g/mol. The molecule has 2 amide bonds. The summed E-state index contributed by atoms with van der Waals surface area (Å²) >= 11 is 8.54. The summed E-state index contributed by atoms with van der Waals surface area (Å²) in [7, 11) is 0.